The fourth-order valence-corrected chi connectivity index (χ4v) is 3.88. The molecule has 0 saturated heterocycles. The minimum Gasteiger partial charge on any atom is -0.457 e. The van der Waals surface area contributed by atoms with E-state index >= 15 is 0 Å². The van der Waals surface area contributed by atoms with Crippen LogP contribution in [0.3, 0.4) is 0 Å². The molecule has 5 aromatic rings. The van der Waals surface area contributed by atoms with Crippen LogP contribution in [0.25, 0.3) is 22.5 Å². The van der Waals surface area contributed by atoms with Crippen molar-refractivity contribution in [2.24, 2.45) is 7.05 Å². The van der Waals surface area contributed by atoms with Crippen molar-refractivity contribution in [3.8, 4) is 40.1 Å². The van der Waals surface area contributed by atoms with Crippen molar-refractivity contribution in [1.29, 1.82) is 5.26 Å². The molecule has 10 nitrogen and oxygen atoms in total. The number of ether oxygens (including phenoxy) is 1. The lowest BCUT2D eigenvalue weighted by Crippen LogP contribution is -2.19. The molecule has 0 unspecified atom stereocenters. The quantitative estimate of drug-likeness (QED) is 0.263. The molecule has 2 N–H and O–H groups in total. The molecule has 0 saturated carbocycles. The Hall–Kier alpha value is -5.43. The first-order chi connectivity index (χ1) is 18.9. The molecular weight excluding hydrogens is 492 g/mol. The molecule has 3 heterocycles. The van der Waals surface area contributed by atoms with Crippen molar-refractivity contribution in [1.82, 2.24) is 24.5 Å². The summed E-state index contributed by atoms with van der Waals surface area (Å²) < 4.78 is 9.49. The summed E-state index contributed by atoms with van der Waals surface area (Å²) >= 11 is 0. The number of hydrogen-bond acceptors (Lipinski definition) is 6. The average Bonchev–Trinajstić information content (AvgIpc) is 3.56. The number of anilines is 2. The maximum absolute atomic E-state index is 12.8. The van der Waals surface area contributed by atoms with Crippen LogP contribution in [0.1, 0.15) is 25.5 Å². The van der Waals surface area contributed by atoms with Crippen LogP contribution in [0.2, 0.25) is 0 Å². The standard InChI is InChI=1S/C29H26N8O2/c1-19(2)37-18-27(28(35-37)21-6-4-20(15-30)5-7-21)34-29(38)33-23-8-10-24(11-9-23)39-25-12-13-31-26(14-25)22-16-32-36(3)17-22/h4-14,16-19H,1-3H3,(H2,33,34,38). The number of pyridine rings is 1. The van der Waals surface area contributed by atoms with Gasteiger partial charge in [0.05, 0.1) is 29.2 Å². The molecule has 2 aromatic carbocycles. The first kappa shape index (κ1) is 25.2. The van der Waals surface area contributed by atoms with Gasteiger partial charge in [-0.25, -0.2) is 4.79 Å². The zero-order chi connectivity index (χ0) is 27.4. The Labute approximate surface area is 225 Å². The maximum Gasteiger partial charge on any atom is 0.323 e. The molecule has 10 heteroatoms. The van der Waals surface area contributed by atoms with Crippen LogP contribution in [0.15, 0.2) is 85.5 Å². The van der Waals surface area contributed by atoms with Gasteiger partial charge in [0.2, 0.25) is 0 Å². The highest BCUT2D eigenvalue weighted by Crippen LogP contribution is 2.29. The summed E-state index contributed by atoms with van der Waals surface area (Å²) in [7, 11) is 1.85. The van der Waals surface area contributed by atoms with Gasteiger partial charge in [-0.1, -0.05) is 12.1 Å². The molecule has 5 rings (SSSR count). The summed E-state index contributed by atoms with van der Waals surface area (Å²) in [6, 6.07) is 19.6. The van der Waals surface area contributed by atoms with Gasteiger partial charge in [-0.05, 0) is 56.3 Å². The van der Waals surface area contributed by atoms with Crippen molar-refractivity contribution in [2.45, 2.75) is 19.9 Å². The third-order valence-electron chi connectivity index (χ3n) is 5.88. The average molecular weight is 519 g/mol. The number of amides is 2. The monoisotopic (exact) mass is 518 g/mol. The molecule has 194 valence electrons. The van der Waals surface area contributed by atoms with Crippen LogP contribution in [0, 0.1) is 11.3 Å². The highest BCUT2D eigenvalue weighted by molar-refractivity contribution is 6.01. The smallest absolute Gasteiger partial charge is 0.323 e. The van der Waals surface area contributed by atoms with E-state index < -0.39 is 6.03 Å². The van der Waals surface area contributed by atoms with Gasteiger partial charge in [-0.2, -0.15) is 15.5 Å². The fourth-order valence-electron chi connectivity index (χ4n) is 3.88. The molecule has 0 aliphatic heterocycles. The zero-order valence-electron chi connectivity index (χ0n) is 21.7. The van der Waals surface area contributed by atoms with Gasteiger partial charge >= 0.3 is 6.03 Å². The number of aryl methyl sites for hydroxylation is 1. The number of benzene rings is 2. The normalized spacial score (nSPS) is 10.7. The van der Waals surface area contributed by atoms with Gasteiger partial charge in [-0.3, -0.25) is 14.3 Å². The predicted molar refractivity (Wildman–Crippen MR) is 148 cm³/mol. The van der Waals surface area contributed by atoms with Crippen molar-refractivity contribution in [3.05, 3.63) is 91.0 Å². The number of nitrogens with one attached hydrogen (secondary N) is 2. The Balaban J connectivity index is 1.26. The van der Waals surface area contributed by atoms with Crippen LogP contribution in [-0.2, 0) is 7.05 Å². The lowest BCUT2D eigenvalue weighted by atomic mass is 10.1. The lowest BCUT2D eigenvalue weighted by Gasteiger charge is -2.10. The molecule has 0 bridgehead atoms. The van der Waals surface area contributed by atoms with Crippen LogP contribution in [0.4, 0.5) is 16.2 Å². The summed E-state index contributed by atoms with van der Waals surface area (Å²) in [6.07, 6.45) is 7.12. The van der Waals surface area contributed by atoms with E-state index in [4.69, 9.17) is 10.00 Å². The van der Waals surface area contributed by atoms with Crippen molar-refractivity contribution >= 4 is 17.4 Å². The summed E-state index contributed by atoms with van der Waals surface area (Å²) in [5.41, 5.74) is 4.80. The molecule has 39 heavy (non-hydrogen) atoms. The van der Waals surface area contributed by atoms with Gasteiger partial charge in [0.25, 0.3) is 0 Å². The largest absolute Gasteiger partial charge is 0.457 e. The molecule has 0 aliphatic carbocycles. The number of hydrogen-bond donors (Lipinski definition) is 2. The summed E-state index contributed by atoms with van der Waals surface area (Å²) in [4.78, 5) is 17.2. The van der Waals surface area contributed by atoms with E-state index in [-0.39, 0.29) is 6.04 Å². The Kier molecular flexibility index (Phi) is 7.05. The second kappa shape index (κ2) is 10.9. The second-order valence-corrected chi connectivity index (χ2v) is 9.14. The van der Waals surface area contributed by atoms with Gasteiger partial charge in [0.15, 0.2) is 0 Å². The number of carbonyl (C=O) groups is 1. The summed E-state index contributed by atoms with van der Waals surface area (Å²) in [5.74, 6) is 1.26. The molecule has 0 spiro atoms. The van der Waals surface area contributed by atoms with Crippen molar-refractivity contribution in [2.75, 3.05) is 10.6 Å². The van der Waals surface area contributed by atoms with Gasteiger partial charge < -0.3 is 15.4 Å². The van der Waals surface area contributed by atoms with Crippen molar-refractivity contribution < 1.29 is 9.53 Å². The minimum absolute atomic E-state index is 0.106. The van der Waals surface area contributed by atoms with E-state index in [0.29, 0.717) is 34.1 Å². The Morgan fingerprint density at radius 1 is 0.974 bits per heavy atom. The van der Waals surface area contributed by atoms with Crippen LogP contribution in [0.5, 0.6) is 11.5 Å². The molecule has 0 radical (unpaired) electrons. The Morgan fingerprint density at radius 3 is 2.41 bits per heavy atom. The number of nitriles is 1. The van der Waals surface area contributed by atoms with E-state index in [1.807, 2.05) is 45.3 Å². The van der Waals surface area contributed by atoms with Gasteiger partial charge in [0.1, 0.15) is 17.2 Å². The highest BCUT2D eigenvalue weighted by atomic mass is 16.5. The molecule has 0 fully saturated rings. The fraction of sp³-hybridized carbons (Fsp3) is 0.138. The summed E-state index contributed by atoms with van der Waals surface area (Å²) in [5, 5.41) is 23.6. The van der Waals surface area contributed by atoms with E-state index in [1.165, 1.54) is 0 Å². The minimum atomic E-state index is -0.405. The van der Waals surface area contributed by atoms with Crippen molar-refractivity contribution in [3.63, 3.8) is 0 Å². The van der Waals surface area contributed by atoms with E-state index in [0.717, 1.165) is 16.8 Å². The first-order valence-corrected chi connectivity index (χ1v) is 12.3. The SMILES string of the molecule is CC(C)n1cc(NC(=O)Nc2ccc(Oc3ccnc(-c4cnn(C)c4)c3)cc2)c(-c2ccc(C#N)cc2)n1. The Morgan fingerprint density at radius 2 is 1.74 bits per heavy atom. The lowest BCUT2D eigenvalue weighted by molar-refractivity contribution is 0.262. The van der Waals surface area contributed by atoms with E-state index in [9.17, 15) is 4.79 Å². The number of urea groups is 1. The second-order valence-electron chi connectivity index (χ2n) is 9.14. The Bertz CT molecular complexity index is 1640. The highest BCUT2D eigenvalue weighted by Gasteiger charge is 2.16. The predicted octanol–water partition coefficient (Wildman–Crippen LogP) is 6.23. The van der Waals surface area contributed by atoms with Crippen LogP contribution < -0.4 is 15.4 Å². The van der Waals surface area contributed by atoms with Crippen LogP contribution >= 0.6 is 0 Å². The van der Waals surface area contributed by atoms with Gasteiger partial charge in [-0.15, -0.1) is 0 Å². The van der Waals surface area contributed by atoms with E-state index in [1.54, 1.807) is 70.4 Å². The van der Waals surface area contributed by atoms with Crippen LogP contribution in [-0.4, -0.2) is 30.6 Å². The number of carbonyl (C=O) groups excluding carboxylic acids is 1. The molecule has 2 amide bonds. The molecule has 0 aliphatic rings. The number of nitrogens with zero attached hydrogens (tertiary/aromatic N) is 6. The molecule has 0 atom stereocenters. The summed E-state index contributed by atoms with van der Waals surface area (Å²) in [6.45, 7) is 4.02. The topological polar surface area (TPSA) is 123 Å². The zero-order valence-corrected chi connectivity index (χ0v) is 21.7. The third kappa shape index (κ3) is 5.94. The maximum atomic E-state index is 12.8. The molecular formula is C29H26N8O2. The third-order valence-corrected chi connectivity index (χ3v) is 5.88. The van der Waals surface area contributed by atoms with Gasteiger partial charge in [0, 0.05) is 54.6 Å². The first-order valence-electron chi connectivity index (χ1n) is 12.3. The van der Waals surface area contributed by atoms with E-state index in [2.05, 4.69) is 31.9 Å². The number of aromatic nitrogens is 5. The number of rotatable bonds is 7. The molecule has 3 aromatic heterocycles.